The van der Waals surface area contributed by atoms with Crippen LogP contribution in [0.25, 0.3) is 0 Å². The Hall–Kier alpha value is -0.870. The maximum Gasteiger partial charge on any atom is 0.0669 e. The molecule has 1 aromatic rings. The minimum Gasteiger partial charge on any atom is -0.319 e. The summed E-state index contributed by atoms with van der Waals surface area (Å²) in [6, 6.07) is 1.10. The fraction of sp³-hybridized carbons (Fsp3) is 0.812. The maximum atomic E-state index is 4.66. The Labute approximate surface area is 123 Å². The summed E-state index contributed by atoms with van der Waals surface area (Å²) in [5.41, 5.74) is 2.72. The minimum atomic E-state index is 0.514. The van der Waals surface area contributed by atoms with Crippen LogP contribution in [0.4, 0.5) is 0 Å². The van der Waals surface area contributed by atoms with Gasteiger partial charge in [0, 0.05) is 30.9 Å². The predicted molar refractivity (Wildman–Crippen MR) is 83.8 cm³/mol. The second-order valence-corrected chi connectivity index (χ2v) is 6.29. The van der Waals surface area contributed by atoms with E-state index in [2.05, 4.69) is 49.3 Å². The van der Waals surface area contributed by atoms with E-state index in [-0.39, 0.29) is 0 Å². The molecule has 0 spiro atoms. The Bertz CT molecular complexity index is 422. The number of hydrogen-bond donors (Lipinski definition) is 1. The van der Waals surface area contributed by atoms with E-state index in [0.717, 1.165) is 13.0 Å². The minimum absolute atomic E-state index is 0.514. The van der Waals surface area contributed by atoms with E-state index in [9.17, 15) is 0 Å². The molecule has 2 atom stereocenters. The van der Waals surface area contributed by atoms with Crippen LogP contribution in [0.2, 0.25) is 0 Å². The molecule has 1 aliphatic rings. The number of nitrogens with one attached hydrogen (secondary N) is 1. The van der Waals surface area contributed by atoms with Gasteiger partial charge in [-0.05, 0) is 59.2 Å². The molecule has 0 aliphatic carbocycles. The molecule has 1 saturated heterocycles. The summed E-state index contributed by atoms with van der Waals surface area (Å²) < 4.78 is 1.98. The monoisotopic (exact) mass is 278 g/mol. The zero-order valence-corrected chi connectivity index (χ0v) is 13.7. The van der Waals surface area contributed by atoms with Gasteiger partial charge in [0.05, 0.1) is 5.69 Å². The van der Waals surface area contributed by atoms with Crippen molar-refractivity contribution in [1.82, 2.24) is 20.0 Å². The molecule has 0 radical (unpaired) electrons. The summed E-state index contributed by atoms with van der Waals surface area (Å²) in [4.78, 5) is 2.67. The number of aromatic nitrogens is 2. The van der Waals surface area contributed by atoms with Gasteiger partial charge in [-0.2, -0.15) is 5.10 Å². The Morgan fingerprint density at radius 1 is 1.45 bits per heavy atom. The van der Waals surface area contributed by atoms with Gasteiger partial charge in [0.2, 0.25) is 0 Å². The van der Waals surface area contributed by atoms with Crippen molar-refractivity contribution in [1.29, 1.82) is 0 Å². The molecule has 4 nitrogen and oxygen atoms in total. The molecule has 1 aromatic heterocycles. The highest BCUT2D eigenvalue weighted by molar-refractivity contribution is 5.23. The van der Waals surface area contributed by atoms with Crippen molar-refractivity contribution in [2.24, 2.45) is 13.0 Å². The number of nitrogens with zero attached hydrogens (tertiary/aromatic N) is 3. The second kappa shape index (κ2) is 6.72. The molecule has 2 rings (SSSR count). The highest BCUT2D eigenvalue weighted by Crippen LogP contribution is 2.38. The lowest BCUT2D eigenvalue weighted by Crippen LogP contribution is -2.45. The number of rotatable bonds is 5. The molecule has 4 heteroatoms. The highest BCUT2D eigenvalue weighted by Gasteiger charge is 2.35. The molecular weight excluding hydrogens is 248 g/mol. The summed E-state index contributed by atoms with van der Waals surface area (Å²) in [7, 11) is 4.10. The fourth-order valence-electron chi connectivity index (χ4n) is 3.67. The van der Waals surface area contributed by atoms with Crippen LogP contribution in [0.5, 0.6) is 0 Å². The van der Waals surface area contributed by atoms with Crippen molar-refractivity contribution in [2.75, 3.05) is 20.1 Å². The van der Waals surface area contributed by atoms with Gasteiger partial charge < -0.3 is 5.32 Å². The molecule has 1 N–H and O–H groups in total. The Morgan fingerprint density at radius 2 is 2.20 bits per heavy atom. The van der Waals surface area contributed by atoms with Crippen molar-refractivity contribution in [3.05, 3.63) is 17.5 Å². The number of piperidine rings is 1. The normalized spacial score (nSPS) is 24.5. The summed E-state index contributed by atoms with van der Waals surface area (Å²) in [5.74, 6) is 0.686. The highest BCUT2D eigenvalue weighted by atomic mass is 15.3. The fourth-order valence-corrected chi connectivity index (χ4v) is 3.67. The first kappa shape index (κ1) is 15.5. The molecule has 114 valence electrons. The van der Waals surface area contributed by atoms with E-state index >= 15 is 0 Å². The SMILES string of the molecule is CCc1nn(C)cc1C1C(CNC)CCCN1C(C)C. The summed E-state index contributed by atoms with van der Waals surface area (Å²) in [6.07, 6.45) is 5.88. The molecular formula is C16H30N4. The Morgan fingerprint density at radius 3 is 2.80 bits per heavy atom. The molecule has 0 aromatic carbocycles. The van der Waals surface area contributed by atoms with E-state index in [1.54, 1.807) is 0 Å². The average Bonchev–Trinajstić information content (AvgIpc) is 2.79. The topological polar surface area (TPSA) is 33.1 Å². The molecule has 2 unspecified atom stereocenters. The number of likely N-dealkylation sites (tertiary alicyclic amines) is 1. The zero-order chi connectivity index (χ0) is 14.7. The van der Waals surface area contributed by atoms with Gasteiger partial charge in [-0.15, -0.1) is 0 Å². The first-order valence-corrected chi connectivity index (χ1v) is 8.01. The van der Waals surface area contributed by atoms with Crippen molar-refractivity contribution >= 4 is 0 Å². The third-order valence-electron chi connectivity index (χ3n) is 4.52. The molecule has 0 bridgehead atoms. The lowest BCUT2D eigenvalue weighted by molar-refractivity contribution is 0.0630. The van der Waals surface area contributed by atoms with E-state index in [1.807, 2.05) is 11.7 Å². The summed E-state index contributed by atoms with van der Waals surface area (Å²) in [6.45, 7) is 9.14. The summed E-state index contributed by atoms with van der Waals surface area (Å²) >= 11 is 0. The van der Waals surface area contributed by atoms with Crippen LogP contribution in [0.15, 0.2) is 6.20 Å². The van der Waals surface area contributed by atoms with Gasteiger partial charge >= 0.3 is 0 Å². The summed E-state index contributed by atoms with van der Waals surface area (Å²) in [5, 5.41) is 8.05. The first-order chi connectivity index (χ1) is 9.58. The van der Waals surface area contributed by atoms with Crippen LogP contribution < -0.4 is 5.32 Å². The van der Waals surface area contributed by atoms with Gasteiger partial charge in [0.15, 0.2) is 0 Å². The van der Waals surface area contributed by atoms with E-state index < -0.39 is 0 Å². The first-order valence-electron chi connectivity index (χ1n) is 8.01. The second-order valence-electron chi connectivity index (χ2n) is 6.29. The molecule has 1 fully saturated rings. The zero-order valence-electron chi connectivity index (χ0n) is 13.7. The van der Waals surface area contributed by atoms with Crippen molar-refractivity contribution < 1.29 is 0 Å². The molecule has 20 heavy (non-hydrogen) atoms. The predicted octanol–water partition coefficient (Wildman–Crippen LogP) is 2.36. The third kappa shape index (κ3) is 3.07. The van der Waals surface area contributed by atoms with Crippen molar-refractivity contribution in [3.8, 4) is 0 Å². The maximum absolute atomic E-state index is 4.66. The number of aryl methyl sites for hydroxylation is 2. The van der Waals surface area contributed by atoms with Crippen LogP contribution in [0.1, 0.15) is 50.9 Å². The molecule has 1 aliphatic heterocycles. The van der Waals surface area contributed by atoms with E-state index in [4.69, 9.17) is 0 Å². The number of hydrogen-bond acceptors (Lipinski definition) is 3. The van der Waals surface area contributed by atoms with Gasteiger partial charge in [-0.3, -0.25) is 9.58 Å². The average molecular weight is 278 g/mol. The Kier molecular flexibility index (Phi) is 5.22. The van der Waals surface area contributed by atoms with E-state index in [0.29, 0.717) is 18.0 Å². The van der Waals surface area contributed by atoms with Crippen molar-refractivity contribution in [2.45, 2.75) is 52.1 Å². The molecule has 0 saturated carbocycles. The lowest BCUT2D eigenvalue weighted by atomic mass is 9.83. The van der Waals surface area contributed by atoms with Crippen LogP contribution in [0.3, 0.4) is 0 Å². The van der Waals surface area contributed by atoms with Crippen LogP contribution >= 0.6 is 0 Å². The Balaban J connectivity index is 2.37. The van der Waals surface area contributed by atoms with Crippen LogP contribution in [0, 0.1) is 5.92 Å². The largest absolute Gasteiger partial charge is 0.319 e. The third-order valence-corrected chi connectivity index (χ3v) is 4.52. The van der Waals surface area contributed by atoms with Crippen LogP contribution in [-0.2, 0) is 13.5 Å². The quantitative estimate of drug-likeness (QED) is 0.897. The van der Waals surface area contributed by atoms with Gasteiger partial charge in [0.25, 0.3) is 0 Å². The van der Waals surface area contributed by atoms with Gasteiger partial charge in [0.1, 0.15) is 0 Å². The van der Waals surface area contributed by atoms with E-state index in [1.165, 1.54) is 30.6 Å². The van der Waals surface area contributed by atoms with Crippen LogP contribution in [-0.4, -0.2) is 40.9 Å². The molecule has 0 amide bonds. The van der Waals surface area contributed by atoms with Crippen molar-refractivity contribution in [3.63, 3.8) is 0 Å². The standard InChI is InChI=1S/C16H30N4/c1-6-15-14(11-19(5)18-15)16-13(10-17-4)8-7-9-20(16)12(2)3/h11-13,16-17H,6-10H2,1-5H3. The molecule has 2 heterocycles. The van der Waals surface area contributed by atoms with Gasteiger partial charge in [-0.1, -0.05) is 6.92 Å². The van der Waals surface area contributed by atoms with Gasteiger partial charge in [-0.25, -0.2) is 0 Å². The smallest absolute Gasteiger partial charge is 0.0669 e. The lowest BCUT2D eigenvalue weighted by Gasteiger charge is -2.44.